The Bertz CT molecular complexity index is 584. The van der Waals surface area contributed by atoms with Crippen molar-refractivity contribution in [2.45, 2.75) is 238 Å². The normalized spacial score (nSPS) is 14.5. The van der Waals surface area contributed by atoms with Gasteiger partial charge in [-0.15, -0.1) is 0 Å². The van der Waals surface area contributed by atoms with E-state index in [4.69, 9.17) is 5.73 Å². The molecule has 44 heavy (non-hydrogen) atoms. The highest BCUT2D eigenvalue weighted by molar-refractivity contribution is 5.82. The molecule has 0 amide bonds. The zero-order valence-electron chi connectivity index (χ0n) is 29.8. The second kappa shape index (κ2) is 33.9. The van der Waals surface area contributed by atoms with Gasteiger partial charge in [-0.25, -0.2) is 0 Å². The summed E-state index contributed by atoms with van der Waals surface area (Å²) in [5, 5.41) is 31.1. The SMILES string of the molecule is CCCCCCCCCCCCCCCCCCC(O)CC(=O)[C@H](C(N)O)[C@H](O)CCCCCCCCCCCCCCC. The molecule has 0 heterocycles. The van der Waals surface area contributed by atoms with Crippen LogP contribution in [0, 0.1) is 5.92 Å². The van der Waals surface area contributed by atoms with Gasteiger partial charge < -0.3 is 21.1 Å². The van der Waals surface area contributed by atoms with Crippen molar-refractivity contribution in [2.75, 3.05) is 0 Å². The van der Waals surface area contributed by atoms with Crippen molar-refractivity contribution in [3.05, 3.63) is 0 Å². The Hall–Kier alpha value is -0.490. The van der Waals surface area contributed by atoms with Gasteiger partial charge in [0.1, 0.15) is 12.0 Å². The van der Waals surface area contributed by atoms with Crippen molar-refractivity contribution >= 4 is 5.78 Å². The molecule has 0 bridgehead atoms. The number of carbonyl (C=O) groups excluding carboxylic acids is 1. The average molecular weight is 626 g/mol. The van der Waals surface area contributed by atoms with Gasteiger partial charge in [-0.3, -0.25) is 4.79 Å². The Morgan fingerprint density at radius 3 is 1.02 bits per heavy atom. The molecular formula is C39H79NO4. The number of Topliss-reactive ketones (excluding diaryl/α,β-unsaturated/α-hetero) is 1. The number of aliphatic hydroxyl groups excluding tert-OH is 3. The fourth-order valence-electron chi connectivity index (χ4n) is 6.58. The zero-order valence-corrected chi connectivity index (χ0v) is 29.8. The average Bonchev–Trinajstić information content (AvgIpc) is 2.99. The number of hydrogen-bond acceptors (Lipinski definition) is 5. The molecule has 0 aromatic carbocycles. The van der Waals surface area contributed by atoms with Gasteiger partial charge in [0.15, 0.2) is 0 Å². The first-order valence-electron chi connectivity index (χ1n) is 19.8. The van der Waals surface area contributed by atoms with Crippen LogP contribution in [0.3, 0.4) is 0 Å². The van der Waals surface area contributed by atoms with Gasteiger partial charge in [0.05, 0.1) is 18.1 Å². The van der Waals surface area contributed by atoms with Crippen molar-refractivity contribution in [3.63, 3.8) is 0 Å². The highest BCUT2D eigenvalue weighted by Crippen LogP contribution is 2.21. The molecule has 5 nitrogen and oxygen atoms in total. The molecule has 0 aromatic rings. The Morgan fingerprint density at radius 1 is 0.455 bits per heavy atom. The molecule has 264 valence electrons. The van der Waals surface area contributed by atoms with Crippen molar-refractivity contribution in [3.8, 4) is 0 Å². The number of hydrogen-bond donors (Lipinski definition) is 4. The Balaban J connectivity index is 3.75. The lowest BCUT2D eigenvalue weighted by Gasteiger charge is -2.25. The minimum atomic E-state index is -1.39. The van der Waals surface area contributed by atoms with Gasteiger partial charge in [-0.2, -0.15) is 0 Å². The molecule has 2 unspecified atom stereocenters. The molecule has 0 radical (unpaired) electrons. The van der Waals surface area contributed by atoms with Gasteiger partial charge in [0.2, 0.25) is 0 Å². The van der Waals surface area contributed by atoms with Crippen molar-refractivity contribution in [1.82, 2.24) is 0 Å². The van der Waals surface area contributed by atoms with E-state index < -0.39 is 24.4 Å². The van der Waals surface area contributed by atoms with Crippen LogP contribution in [-0.2, 0) is 4.79 Å². The molecule has 5 N–H and O–H groups in total. The summed E-state index contributed by atoms with van der Waals surface area (Å²) in [6.45, 7) is 4.53. The summed E-state index contributed by atoms with van der Waals surface area (Å²) >= 11 is 0. The first-order chi connectivity index (χ1) is 21.4. The molecule has 0 saturated carbocycles. The molecule has 0 aliphatic rings. The number of aliphatic hydroxyl groups is 3. The summed E-state index contributed by atoms with van der Waals surface area (Å²) in [6, 6.07) is 0. The van der Waals surface area contributed by atoms with Gasteiger partial charge in [0, 0.05) is 6.42 Å². The van der Waals surface area contributed by atoms with Crippen LogP contribution < -0.4 is 5.73 Å². The molecule has 0 rings (SSSR count). The third-order valence-electron chi connectivity index (χ3n) is 9.59. The van der Waals surface area contributed by atoms with Gasteiger partial charge in [0.25, 0.3) is 0 Å². The smallest absolute Gasteiger partial charge is 0.145 e. The van der Waals surface area contributed by atoms with Crippen molar-refractivity contribution in [1.29, 1.82) is 0 Å². The Kier molecular flexibility index (Phi) is 33.5. The zero-order chi connectivity index (χ0) is 32.5. The monoisotopic (exact) mass is 626 g/mol. The number of nitrogens with two attached hydrogens (primary N) is 1. The molecule has 0 aliphatic carbocycles. The lowest BCUT2D eigenvalue weighted by molar-refractivity contribution is -0.133. The topological polar surface area (TPSA) is 104 Å². The third kappa shape index (κ3) is 28.9. The summed E-state index contributed by atoms with van der Waals surface area (Å²) in [6.07, 6.45) is 35.3. The third-order valence-corrected chi connectivity index (χ3v) is 9.59. The Labute approximate surface area is 274 Å². The maximum atomic E-state index is 12.8. The van der Waals surface area contributed by atoms with Crippen LogP contribution in [0.25, 0.3) is 0 Å². The van der Waals surface area contributed by atoms with Crippen molar-refractivity contribution < 1.29 is 20.1 Å². The number of carbonyl (C=O) groups is 1. The predicted molar refractivity (Wildman–Crippen MR) is 190 cm³/mol. The lowest BCUT2D eigenvalue weighted by Crippen LogP contribution is -2.44. The minimum Gasteiger partial charge on any atom is -0.393 e. The molecule has 0 aromatic heterocycles. The lowest BCUT2D eigenvalue weighted by atomic mass is 9.88. The van der Waals surface area contributed by atoms with E-state index in [1.807, 2.05) is 0 Å². The van der Waals surface area contributed by atoms with E-state index in [1.165, 1.54) is 154 Å². The summed E-state index contributed by atoms with van der Waals surface area (Å²) in [7, 11) is 0. The fourth-order valence-corrected chi connectivity index (χ4v) is 6.58. The van der Waals surface area contributed by atoms with Crippen LogP contribution in [0.1, 0.15) is 219 Å². The van der Waals surface area contributed by atoms with E-state index in [0.29, 0.717) is 12.8 Å². The highest BCUT2D eigenvalue weighted by Gasteiger charge is 2.32. The summed E-state index contributed by atoms with van der Waals surface area (Å²) in [5.41, 5.74) is 5.69. The van der Waals surface area contributed by atoms with E-state index >= 15 is 0 Å². The first kappa shape index (κ1) is 43.5. The summed E-state index contributed by atoms with van der Waals surface area (Å²) in [4.78, 5) is 12.8. The van der Waals surface area contributed by atoms with E-state index in [-0.39, 0.29) is 12.2 Å². The quantitative estimate of drug-likeness (QED) is 0.0409. The van der Waals surface area contributed by atoms with Crippen LogP contribution in [-0.4, -0.2) is 39.5 Å². The highest BCUT2D eigenvalue weighted by atomic mass is 16.3. The molecule has 0 spiro atoms. The fraction of sp³-hybridized carbons (Fsp3) is 0.974. The molecule has 4 atom stereocenters. The van der Waals surface area contributed by atoms with Crippen LogP contribution in [0.4, 0.5) is 0 Å². The van der Waals surface area contributed by atoms with Gasteiger partial charge >= 0.3 is 0 Å². The largest absolute Gasteiger partial charge is 0.393 e. The number of ketones is 1. The Morgan fingerprint density at radius 2 is 0.727 bits per heavy atom. The second-order valence-corrected chi connectivity index (χ2v) is 14.0. The molecule has 5 heteroatoms. The number of unbranched alkanes of at least 4 members (excludes halogenated alkanes) is 27. The van der Waals surface area contributed by atoms with E-state index in [9.17, 15) is 20.1 Å². The summed E-state index contributed by atoms with van der Waals surface area (Å²) < 4.78 is 0. The van der Waals surface area contributed by atoms with E-state index in [2.05, 4.69) is 13.8 Å². The number of rotatable bonds is 36. The molecular weight excluding hydrogens is 546 g/mol. The van der Waals surface area contributed by atoms with Crippen molar-refractivity contribution in [2.24, 2.45) is 11.7 Å². The van der Waals surface area contributed by atoms with Crippen LogP contribution >= 0.6 is 0 Å². The van der Waals surface area contributed by atoms with E-state index in [1.54, 1.807) is 0 Å². The minimum absolute atomic E-state index is 0.0344. The predicted octanol–water partition coefficient (Wildman–Crippen LogP) is 10.7. The maximum Gasteiger partial charge on any atom is 0.145 e. The van der Waals surface area contributed by atoms with Crippen LogP contribution in [0.2, 0.25) is 0 Å². The maximum absolute atomic E-state index is 12.8. The van der Waals surface area contributed by atoms with E-state index in [0.717, 1.165) is 32.1 Å². The first-order valence-corrected chi connectivity index (χ1v) is 19.8. The standard InChI is InChI=1S/C39H79NO4/c1-3-5-7-9-11-13-15-17-18-19-21-22-24-26-28-30-32-35(41)34-37(43)38(39(40)44)36(42)33-31-29-27-25-23-20-16-14-12-10-8-6-4-2/h35-36,38-39,41-42,44H,3-34,40H2,1-2H3/t35?,36-,38-,39?/m1/s1. The van der Waals surface area contributed by atoms with Crippen LogP contribution in [0.5, 0.6) is 0 Å². The van der Waals surface area contributed by atoms with Crippen LogP contribution in [0.15, 0.2) is 0 Å². The van der Waals surface area contributed by atoms with Gasteiger partial charge in [-0.05, 0) is 12.8 Å². The summed E-state index contributed by atoms with van der Waals surface area (Å²) in [5.74, 6) is -1.32. The molecule has 0 aliphatic heterocycles. The molecule has 0 saturated heterocycles. The molecule has 0 fully saturated rings. The second-order valence-electron chi connectivity index (χ2n) is 14.0. The van der Waals surface area contributed by atoms with Gasteiger partial charge in [-0.1, -0.05) is 200 Å².